The summed E-state index contributed by atoms with van der Waals surface area (Å²) >= 11 is 0. The molecule has 3 rings (SSSR count). The Labute approximate surface area is 94.4 Å². The van der Waals surface area contributed by atoms with Crippen molar-refractivity contribution in [2.45, 2.75) is 6.10 Å². The van der Waals surface area contributed by atoms with E-state index in [2.05, 4.69) is 6.07 Å². The molecule has 1 aliphatic heterocycles. The number of ether oxygens (including phenoxy) is 2. The van der Waals surface area contributed by atoms with Crippen LogP contribution in [0.4, 0.5) is 0 Å². The van der Waals surface area contributed by atoms with Crippen LogP contribution in [-0.4, -0.2) is 6.61 Å². The Kier molecular flexibility index (Phi) is 2.35. The number of para-hydroxylation sites is 2. The highest BCUT2D eigenvalue weighted by Gasteiger charge is 2.27. The molecule has 0 aromatic heterocycles. The van der Waals surface area contributed by atoms with Gasteiger partial charge in [-0.1, -0.05) is 36.4 Å². The van der Waals surface area contributed by atoms with Crippen molar-refractivity contribution < 1.29 is 9.47 Å². The minimum absolute atomic E-state index is 0.222. The maximum atomic E-state index is 5.83. The zero-order valence-corrected chi connectivity index (χ0v) is 8.80. The molecule has 80 valence electrons. The van der Waals surface area contributed by atoms with E-state index in [-0.39, 0.29) is 6.10 Å². The van der Waals surface area contributed by atoms with Gasteiger partial charge in [0.15, 0.2) is 0 Å². The van der Waals surface area contributed by atoms with Gasteiger partial charge in [-0.05, 0) is 18.2 Å². The highest BCUT2D eigenvalue weighted by Crippen LogP contribution is 2.37. The Morgan fingerprint density at radius 2 is 1.62 bits per heavy atom. The van der Waals surface area contributed by atoms with Gasteiger partial charge < -0.3 is 9.47 Å². The van der Waals surface area contributed by atoms with Crippen molar-refractivity contribution >= 4 is 0 Å². The molecule has 1 atom stereocenters. The molecular formula is C14H12O2. The molecule has 0 N–H and O–H groups in total. The van der Waals surface area contributed by atoms with E-state index < -0.39 is 0 Å². The molecule has 2 heteroatoms. The van der Waals surface area contributed by atoms with Gasteiger partial charge in [0.2, 0.25) is 0 Å². The second-order valence-corrected chi connectivity index (χ2v) is 3.77. The fraction of sp³-hybridized carbons (Fsp3) is 0.143. The van der Waals surface area contributed by atoms with Gasteiger partial charge in [-0.3, -0.25) is 0 Å². The van der Waals surface area contributed by atoms with Crippen LogP contribution in [0.5, 0.6) is 11.5 Å². The van der Waals surface area contributed by atoms with Crippen molar-refractivity contribution in [2.24, 2.45) is 0 Å². The van der Waals surface area contributed by atoms with E-state index in [1.807, 2.05) is 48.5 Å². The van der Waals surface area contributed by atoms with Gasteiger partial charge in [0, 0.05) is 5.56 Å². The van der Waals surface area contributed by atoms with Gasteiger partial charge in [-0.15, -0.1) is 0 Å². The lowest BCUT2D eigenvalue weighted by Gasteiger charge is -2.09. The van der Waals surface area contributed by atoms with Crippen molar-refractivity contribution in [3.05, 3.63) is 60.2 Å². The fourth-order valence-electron chi connectivity index (χ4n) is 1.68. The lowest BCUT2D eigenvalue weighted by molar-refractivity contribution is 0.403. The third-order valence-corrected chi connectivity index (χ3v) is 2.57. The van der Waals surface area contributed by atoms with Crippen LogP contribution in [0, 0.1) is 0 Å². The average molecular weight is 212 g/mol. The van der Waals surface area contributed by atoms with Crippen LogP contribution in [0.3, 0.4) is 0 Å². The first-order valence-electron chi connectivity index (χ1n) is 5.37. The Bertz CT molecular complexity index is 475. The molecule has 0 unspecified atom stereocenters. The first-order valence-corrected chi connectivity index (χ1v) is 5.37. The van der Waals surface area contributed by atoms with Gasteiger partial charge >= 0.3 is 0 Å². The molecule has 0 aliphatic carbocycles. The maximum Gasteiger partial charge on any atom is 0.133 e. The monoisotopic (exact) mass is 212 g/mol. The minimum Gasteiger partial charge on any atom is -0.457 e. The Balaban J connectivity index is 1.89. The third-order valence-electron chi connectivity index (χ3n) is 2.57. The van der Waals surface area contributed by atoms with Crippen molar-refractivity contribution in [3.8, 4) is 11.5 Å². The highest BCUT2D eigenvalue weighted by atomic mass is 16.6. The average Bonchev–Trinajstić information content (AvgIpc) is 3.15. The predicted octanol–water partition coefficient (Wildman–Crippen LogP) is 3.55. The van der Waals surface area contributed by atoms with E-state index in [1.54, 1.807) is 0 Å². The van der Waals surface area contributed by atoms with Gasteiger partial charge in [0.1, 0.15) is 17.6 Å². The molecule has 2 aromatic carbocycles. The fourth-order valence-corrected chi connectivity index (χ4v) is 1.68. The molecule has 1 saturated heterocycles. The molecule has 2 aromatic rings. The van der Waals surface area contributed by atoms with Gasteiger partial charge in [0.25, 0.3) is 0 Å². The van der Waals surface area contributed by atoms with E-state index in [4.69, 9.17) is 9.47 Å². The quantitative estimate of drug-likeness (QED) is 0.726. The number of epoxide rings is 1. The second-order valence-electron chi connectivity index (χ2n) is 3.77. The number of hydrogen-bond acceptors (Lipinski definition) is 2. The molecular weight excluding hydrogens is 200 g/mol. The molecule has 2 nitrogen and oxygen atoms in total. The zero-order chi connectivity index (χ0) is 10.8. The lowest BCUT2D eigenvalue weighted by Crippen LogP contribution is -1.89. The smallest absolute Gasteiger partial charge is 0.133 e. The standard InChI is InChI=1S/C14H12O2/c1-2-6-11(7-3-1)16-13-9-5-4-8-12(13)14-10-15-14/h1-9,14H,10H2/t14-/m1/s1. The van der Waals surface area contributed by atoms with Crippen LogP contribution in [-0.2, 0) is 4.74 Å². The number of hydrogen-bond donors (Lipinski definition) is 0. The lowest BCUT2D eigenvalue weighted by atomic mass is 10.1. The summed E-state index contributed by atoms with van der Waals surface area (Å²) in [4.78, 5) is 0. The Morgan fingerprint density at radius 1 is 0.938 bits per heavy atom. The van der Waals surface area contributed by atoms with Crippen molar-refractivity contribution in [3.63, 3.8) is 0 Å². The molecule has 0 spiro atoms. The van der Waals surface area contributed by atoms with E-state index >= 15 is 0 Å². The van der Waals surface area contributed by atoms with Gasteiger partial charge in [-0.2, -0.15) is 0 Å². The van der Waals surface area contributed by atoms with Crippen molar-refractivity contribution in [1.82, 2.24) is 0 Å². The molecule has 0 amide bonds. The van der Waals surface area contributed by atoms with E-state index in [0.717, 1.165) is 23.7 Å². The summed E-state index contributed by atoms with van der Waals surface area (Å²) in [5.41, 5.74) is 1.13. The van der Waals surface area contributed by atoms with Crippen LogP contribution < -0.4 is 4.74 Å². The molecule has 1 aliphatic rings. The molecule has 0 radical (unpaired) electrons. The summed E-state index contributed by atoms with van der Waals surface area (Å²) in [5, 5.41) is 0. The molecule has 1 heterocycles. The summed E-state index contributed by atoms with van der Waals surface area (Å²) < 4.78 is 11.1. The van der Waals surface area contributed by atoms with Crippen LogP contribution in [0.2, 0.25) is 0 Å². The molecule has 1 fully saturated rings. The molecule has 0 bridgehead atoms. The summed E-state index contributed by atoms with van der Waals surface area (Å²) in [5.74, 6) is 1.74. The first kappa shape index (κ1) is 9.43. The van der Waals surface area contributed by atoms with Crippen LogP contribution in [0.25, 0.3) is 0 Å². The first-order chi connectivity index (χ1) is 7.93. The summed E-state index contributed by atoms with van der Waals surface area (Å²) in [6.45, 7) is 0.801. The Hall–Kier alpha value is -1.80. The maximum absolute atomic E-state index is 5.83. The van der Waals surface area contributed by atoms with Crippen LogP contribution in [0.1, 0.15) is 11.7 Å². The van der Waals surface area contributed by atoms with Crippen LogP contribution >= 0.6 is 0 Å². The summed E-state index contributed by atoms with van der Waals surface area (Å²) in [7, 11) is 0. The van der Waals surface area contributed by atoms with Crippen molar-refractivity contribution in [1.29, 1.82) is 0 Å². The molecule has 0 saturated carbocycles. The Morgan fingerprint density at radius 3 is 2.38 bits per heavy atom. The number of benzene rings is 2. The summed E-state index contributed by atoms with van der Waals surface area (Å²) in [6.07, 6.45) is 0.222. The molecule has 16 heavy (non-hydrogen) atoms. The zero-order valence-electron chi connectivity index (χ0n) is 8.80. The summed E-state index contributed by atoms with van der Waals surface area (Å²) in [6, 6.07) is 17.8. The van der Waals surface area contributed by atoms with E-state index in [9.17, 15) is 0 Å². The second kappa shape index (κ2) is 3.99. The largest absolute Gasteiger partial charge is 0.457 e. The predicted molar refractivity (Wildman–Crippen MR) is 61.7 cm³/mol. The minimum atomic E-state index is 0.222. The normalized spacial score (nSPS) is 18.1. The number of rotatable bonds is 3. The SMILES string of the molecule is c1ccc(Oc2ccccc2[C@H]2CO2)cc1. The highest BCUT2D eigenvalue weighted by molar-refractivity contribution is 5.40. The van der Waals surface area contributed by atoms with Gasteiger partial charge in [-0.25, -0.2) is 0 Å². The van der Waals surface area contributed by atoms with Crippen LogP contribution in [0.15, 0.2) is 54.6 Å². The van der Waals surface area contributed by atoms with Gasteiger partial charge in [0.05, 0.1) is 6.61 Å². The van der Waals surface area contributed by atoms with E-state index in [0.29, 0.717) is 0 Å². The third kappa shape index (κ3) is 1.92. The topological polar surface area (TPSA) is 21.8 Å². The van der Waals surface area contributed by atoms with E-state index in [1.165, 1.54) is 0 Å². The van der Waals surface area contributed by atoms with Crippen molar-refractivity contribution in [2.75, 3.05) is 6.61 Å².